The van der Waals surface area contributed by atoms with Gasteiger partial charge in [-0.1, -0.05) is 0 Å². The standard InChI is InChI=1S/C10H13F2N3O2/c1-2-17-9(16)8-7(13-15-14-8)6-3-4-10(11,12)5-6/h6H,2-5H2,1H3,(H,13,14,15). The first kappa shape index (κ1) is 11.9. The van der Waals surface area contributed by atoms with Gasteiger partial charge in [-0.15, -0.1) is 5.10 Å². The second-order valence-electron chi connectivity index (χ2n) is 4.07. The average Bonchev–Trinajstić information content (AvgIpc) is 2.84. The Balaban J connectivity index is 2.17. The average molecular weight is 245 g/mol. The highest BCUT2D eigenvalue weighted by atomic mass is 19.3. The van der Waals surface area contributed by atoms with Crippen molar-refractivity contribution in [1.29, 1.82) is 0 Å². The molecule has 1 unspecified atom stereocenters. The number of H-pyrrole nitrogens is 1. The summed E-state index contributed by atoms with van der Waals surface area (Å²) in [5, 5.41) is 9.76. The maximum Gasteiger partial charge on any atom is 0.360 e. The molecule has 0 saturated heterocycles. The second-order valence-corrected chi connectivity index (χ2v) is 4.07. The first-order valence-electron chi connectivity index (χ1n) is 5.49. The van der Waals surface area contributed by atoms with Crippen LogP contribution in [0.3, 0.4) is 0 Å². The highest BCUT2D eigenvalue weighted by Crippen LogP contribution is 2.44. The molecule has 1 aliphatic rings. The first-order chi connectivity index (χ1) is 8.03. The van der Waals surface area contributed by atoms with Gasteiger partial charge >= 0.3 is 5.97 Å². The van der Waals surface area contributed by atoms with Gasteiger partial charge in [-0.2, -0.15) is 10.3 Å². The molecule has 94 valence electrons. The van der Waals surface area contributed by atoms with E-state index < -0.39 is 17.8 Å². The summed E-state index contributed by atoms with van der Waals surface area (Å²) in [6, 6.07) is 0. The van der Waals surface area contributed by atoms with Crippen molar-refractivity contribution in [2.75, 3.05) is 6.61 Å². The van der Waals surface area contributed by atoms with E-state index in [2.05, 4.69) is 15.4 Å². The Morgan fingerprint density at radius 2 is 2.35 bits per heavy atom. The number of aromatic nitrogens is 3. The summed E-state index contributed by atoms with van der Waals surface area (Å²) in [5.74, 6) is -3.72. The predicted molar refractivity (Wildman–Crippen MR) is 53.9 cm³/mol. The van der Waals surface area contributed by atoms with Crippen molar-refractivity contribution in [3.63, 3.8) is 0 Å². The van der Waals surface area contributed by atoms with E-state index in [1.807, 2.05) is 0 Å². The van der Waals surface area contributed by atoms with E-state index in [1.54, 1.807) is 6.92 Å². The molecular formula is C10H13F2N3O2. The zero-order valence-electron chi connectivity index (χ0n) is 9.37. The van der Waals surface area contributed by atoms with Crippen LogP contribution in [-0.4, -0.2) is 33.9 Å². The highest BCUT2D eigenvalue weighted by Gasteiger charge is 2.42. The Morgan fingerprint density at radius 3 is 2.94 bits per heavy atom. The quantitative estimate of drug-likeness (QED) is 0.825. The molecule has 0 aromatic carbocycles. The molecule has 0 amide bonds. The van der Waals surface area contributed by atoms with Gasteiger partial charge in [0.15, 0.2) is 5.69 Å². The SMILES string of the molecule is CCOC(=O)c1n[nH]nc1C1CCC(F)(F)C1. The van der Waals surface area contributed by atoms with Crippen LogP contribution in [0.4, 0.5) is 8.78 Å². The van der Waals surface area contributed by atoms with E-state index in [0.29, 0.717) is 12.1 Å². The molecule has 17 heavy (non-hydrogen) atoms. The van der Waals surface area contributed by atoms with Gasteiger partial charge < -0.3 is 4.74 Å². The molecule has 1 aromatic heterocycles. The number of carbonyl (C=O) groups excluding carboxylic acids is 1. The number of rotatable bonds is 3. The molecule has 1 fully saturated rings. The van der Waals surface area contributed by atoms with Crippen LogP contribution in [0.15, 0.2) is 0 Å². The molecule has 1 saturated carbocycles. The fourth-order valence-electron chi connectivity index (χ4n) is 2.06. The largest absolute Gasteiger partial charge is 0.461 e. The number of carbonyl (C=O) groups is 1. The second kappa shape index (κ2) is 4.38. The Bertz CT molecular complexity index is 419. The van der Waals surface area contributed by atoms with E-state index in [1.165, 1.54) is 0 Å². The van der Waals surface area contributed by atoms with Crippen molar-refractivity contribution >= 4 is 5.97 Å². The monoisotopic (exact) mass is 245 g/mol. The van der Waals surface area contributed by atoms with Gasteiger partial charge in [-0.3, -0.25) is 0 Å². The molecule has 1 atom stereocenters. The van der Waals surface area contributed by atoms with E-state index in [0.717, 1.165) is 0 Å². The highest BCUT2D eigenvalue weighted by molar-refractivity contribution is 5.88. The molecule has 0 spiro atoms. The predicted octanol–water partition coefficient (Wildman–Crippen LogP) is 1.88. The van der Waals surface area contributed by atoms with Crippen molar-refractivity contribution in [1.82, 2.24) is 15.4 Å². The summed E-state index contributed by atoms with van der Waals surface area (Å²) in [4.78, 5) is 11.5. The molecule has 1 N–H and O–H groups in total. The molecule has 2 rings (SSSR count). The summed E-state index contributed by atoms with van der Waals surface area (Å²) in [7, 11) is 0. The lowest BCUT2D eigenvalue weighted by molar-refractivity contribution is 0.00753. The van der Waals surface area contributed by atoms with Crippen LogP contribution in [0.2, 0.25) is 0 Å². The third-order valence-corrected chi connectivity index (χ3v) is 2.83. The Kier molecular flexibility index (Phi) is 3.08. The zero-order valence-corrected chi connectivity index (χ0v) is 9.37. The molecule has 0 bridgehead atoms. The molecule has 1 aromatic rings. The summed E-state index contributed by atoms with van der Waals surface area (Å²) in [5.41, 5.74) is 0.315. The smallest absolute Gasteiger partial charge is 0.360 e. The van der Waals surface area contributed by atoms with Gasteiger partial charge in [0.05, 0.1) is 6.61 Å². The summed E-state index contributed by atoms with van der Waals surface area (Å²) in [6.45, 7) is 1.88. The normalized spacial score (nSPS) is 22.6. The molecule has 0 aliphatic heterocycles. The van der Waals surface area contributed by atoms with E-state index in [4.69, 9.17) is 4.74 Å². The molecule has 1 heterocycles. The van der Waals surface area contributed by atoms with Crippen LogP contribution in [0.25, 0.3) is 0 Å². The van der Waals surface area contributed by atoms with Crippen molar-refractivity contribution in [2.45, 2.75) is 38.0 Å². The number of aromatic amines is 1. The summed E-state index contributed by atoms with van der Waals surface area (Å²) in [6.07, 6.45) is -0.148. The van der Waals surface area contributed by atoms with E-state index in [-0.39, 0.29) is 25.1 Å². The van der Waals surface area contributed by atoms with Gasteiger partial charge in [0.2, 0.25) is 5.92 Å². The molecule has 5 nitrogen and oxygen atoms in total. The molecule has 0 radical (unpaired) electrons. The fourth-order valence-corrected chi connectivity index (χ4v) is 2.06. The molecular weight excluding hydrogens is 232 g/mol. The number of nitrogens with one attached hydrogen (secondary N) is 1. The zero-order chi connectivity index (χ0) is 12.5. The van der Waals surface area contributed by atoms with E-state index >= 15 is 0 Å². The van der Waals surface area contributed by atoms with Crippen LogP contribution in [0.5, 0.6) is 0 Å². The summed E-state index contributed by atoms with van der Waals surface area (Å²) < 4.78 is 31.0. The number of nitrogens with zero attached hydrogens (tertiary/aromatic N) is 2. The van der Waals surface area contributed by atoms with E-state index in [9.17, 15) is 13.6 Å². The number of esters is 1. The third kappa shape index (κ3) is 2.42. The summed E-state index contributed by atoms with van der Waals surface area (Å²) >= 11 is 0. The fraction of sp³-hybridized carbons (Fsp3) is 0.700. The van der Waals surface area contributed by atoms with Gasteiger partial charge in [0, 0.05) is 18.8 Å². The van der Waals surface area contributed by atoms with Gasteiger partial charge in [-0.25, -0.2) is 13.6 Å². The van der Waals surface area contributed by atoms with Crippen LogP contribution < -0.4 is 0 Å². The topological polar surface area (TPSA) is 67.9 Å². The molecule has 7 heteroatoms. The van der Waals surface area contributed by atoms with Crippen LogP contribution >= 0.6 is 0 Å². The lowest BCUT2D eigenvalue weighted by atomic mass is 10.0. The van der Waals surface area contributed by atoms with Crippen molar-refractivity contribution in [3.8, 4) is 0 Å². The number of hydrogen-bond acceptors (Lipinski definition) is 4. The Hall–Kier alpha value is -1.53. The minimum absolute atomic E-state index is 0.0227. The van der Waals surface area contributed by atoms with Gasteiger partial charge in [0.1, 0.15) is 5.69 Å². The maximum atomic E-state index is 13.1. The molecule has 1 aliphatic carbocycles. The number of alkyl halides is 2. The van der Waals surface area contributed by atoms with Gasteiger partial charge in [0.25, 0.3) is 0 Å². The first-order valence-corrected chi connectivity index (χ1v) is 5.49. The van der Waals surface area contributed by atoms with Crippen molar-refractivity contribution < 1.29 is 18.3 Å². The van der Waals surface area contributed by atoms with Crippen LogP contribution in [0, 0.1) is 0 Å². The Labute approximate surface area is 96.5 Å². The van der Waals surface area contributed by atoms with Crippen LogP contribution in [-0.2, 0) is 4.74 Å². The third-order valence-electron chi connectivity index (χ3n) is 2.83. The number of ether oxygens (including phenoxy) is 1. The number of hydrogen-bond donors (Lipinski definition) is 1. The van der Waals surface area contributed by atoms with Crippen molar-refractivity contribution in [2.24, 2.45) is 0 Å². The minimum atomic E-state index is -2.67. The minimum Gasteiger partial charge on any atom is -0.461 e. The lowest BCUT2D eigenvalue weighted by Gasteiger charge is -2.08. The van der Waals surface area contributed by atoms with Crippen LogP contribution in [0.1, 0.15) is 48.3 Å². The van der Waals surface area contributed by atoms with Gasteiger partial charge in [-0.05, 0) is 13.3 Å². The Morgan fingerprint density at radius 1 is 1.59 bits per heavy atom. The van der Waals surface area contributed by atoms with Crippen molar-refractivity contribution in [3.05, 3.63) is 11.4 Å². The lowest BCUT2D eigenvalue weighted by Crippen LogP contribution is -2.12. The number of halogens is 2. The maximum absolute atomic E-state index is 13.1.